The number of nitrogens with zero attached hydrogens (tertiary/aromatic N) is 2. The quantitative estimate of drug-likeness (QED) is 0.601. The predicted molar refractivity (Wildman–Crippen MR) is 59.7 cm³/mol. The smallest absolute Gasteiger partial charge is 0.137 e. The van der Waals surface area contributed by atoms with Crippen LogP contribution >= 0.6 is 11.6 Å². The molecule has 3 nitrogen and oxygen atoms in total. The van der Waals surface area contributed by atoms with Crippen LogP contribution in [0.25, 0.3) is 0 Å². The van der Waals surface area contributed by atoms with Gasteiger partial charge in [0, 0.05) is 12.1 Å². The van der Waals surface area contributed by atoms with Crippen molar-refractivity contribution >= 4 is 17.4 Å². The molecule has 14 heavy (non-hydrogen) atoms. The second kappa shape index (κ2) is 5.60. The van der Waals surface area contributed by atoms with Crippen molar-refractivity contribution in [3.05, 3.63) is 29.7 Å². The molecule has 1 N–H and O–H groups in total. The lowest BCUT2D eigenvalue weighted by molar-refractivity contribution is 0.901. The minimum absolute atomic E-state index is 0.536. The summed E-state index contributed by atoms with van der Waals surface area (Å²) in [7, 11) is 0. The maximum Gasteiger partial charge on any atom is 0.137 e. The molecule has 0 saturated carbocycles. The average Bonchev–Trinajstić information content (AvgIpc) is 2.19. The predicted octanol–water partition coefficient (Wildman–Crippen LogP) is 2.68. The highest BCUT2D eigenvalue weighted by molar-refractivity contribution is 6.30. The first-order valence-corrected chi connectivity index (χ1v) is 5.01. The summed E-state index contributed by atoms with van der Waals surface area (Å²) >= 11 is 5.97. The molecule has 0 aliphatic carbocycles. The van der Waals surface area contributed by atoms with E-state index < -0.39 is 0 Å². The molecular formula is C10H14ClN3. The van der Waals surface area contributed by atoms with Crippen molar-refractivity contribution in [1.82, 2.24) is 9.97 Å². The Balaban J connectivity index is 2.89. The average molecular weight is 212 g/mol. The van der Waals surface area contributed by atoms with Crippen molar-refractivity contribution in [2.75, 3.05) is 11.9 Å². The maximum absolute atomic E-state index is 5.97. The van der Waals surface area contributed by atoms with E-state index in [1.165, 1.54) is 6.33 Å². The Morgan fingerprint density at radius 2 is 2.36 bits per heavy atom. The summed E-state index contributed by atoms with van der Waals surface area (Å²) in [5, 5.41) is 3.67. The maximum atomic E-state index is 5.97. The molecular weight excluding hydrogens is 198 g/mol. The largest absolute Gasteiger partial charge is 0.366 e. The highest BCUT2D eigenvalue weighted by Gasteiger charge is 2.07. The highest BCUT2D eigenvalue weighted by atomic mass is 35.5. The molecule has 1 aromatic heterocycles. The Kier molecular flexibility index (Phi) is 4.40. The fraction of sp³-hybridized carbons (Fsp3) is 0.400. The first-order valence-electron chi connectivity index (χ1n) is 4.63. The summed E-state index contributed by atoms with van der Waals surface area (Å²) in [6.45, 7) is 6.42. The van der Waals surface area contributed by atoms with Gasteiger partial charge >= 0.3 is 0 Å². The van der Waals surface area contributed by atoms with E-state index in [9.17, 15) is 0 Å². The lowest BCUT2D eigenvalue weighted by Crippen LogP contribution is -2.05. The van der Waals surface area contributed by atoms with Gasteiger partial charge in [0.1, 0.15) is 17.3 Å². The first kappa shape index (κ1) is 11.0. The molecule has 0 aliphatic heterocycles. The molecule has 0 atom stereocenters. The third kappa shape index (κ3) is 2.70. The SMILES string of the molecule is C=CCNc1ncnc(Cl)c1CCC. The molecule has 0 unspecified atom stereocenters. The van der Waals surface area contributed by atoms with E-state index in [0.717, 1.165) is 24.2 Å². The Bertz CT molecular complexity index is 312. The molecule has 0 fully saturated rings. The van der Waals surface area contributed by atoms with Crippen LogP contribution < -0.4 is 5.32 Å². The van der Waals surface area contributed by atoms with Gasteiger partial charge in [-0.1, -0.05) is 31.0 Å². The van der Waals surface area contributed by atoms with Crippen LogP contribution in [0.2, 0.25) is 5.15 Å². The van der Waals surface area contributed by atoms with Crippen LogP contribution in [-0.4, -0.2) is 16.5 Å². The number of rotatable bonds is 5. The molecule has 0 saturated heterocycles. The van der Waals surface area contributed by atoms with Gasteiger partial charge < -0.3 is 5.32 Å². The minimum atomic E-state index is 0.536. The monoisotopic (exact) mass is 211 g/mol. The lowest BCUT2D eigenvalue weighted by atomic mass is 10.2. The number of nitrogens with one attached hydrogen (secondary N) is 1. The summed E-state index contributed by atoms with van der Waals surface area (Å²) < 4.78 is 0. The number of hydrogen-bond acceptors (Lipinski definition) is 3. The van der Waals surface area contributed by atoms with Gasteiger partial charge in [0.25, 0.3) is 0 Å². The summed E-state index contributed by atoms with van der Waals surface area (Å²) in [6.07, 6.45) is 5.16. The molecule has 0 bridgehead atoms. The van der Waals surface area contributed by atoms with Gasteiger partial charge in [-0.05, 0) is 6.42 Å². The number of hydrogen-bond donors (Lipinski definition) is 1. The van der Waals surface area contributed by atoms with Crippen LogP contribution in [0.15, 0.2) is 19.0 Å². The van der Waals surface area contributed by atoms with Crippen LogP contribution in [0.1, 0.15) is 18.9 Å². The molecule has 1 aromatic rings. The molecule has 1 rings (SSSR count). The molecule has 0 amide bonds. The van der Waals surface area contributed by atoms with E-state index in [-0.39, 0.29) is 0 Å². The van der Waals surface area contributed by atoms with E-state index in [1.807, 2.05) is 0 Å². The van der Waals surface area contributed by atoms with Gasteiger partial charge in [-0.25, -0.2) is 9.97 Å². The van der Waals surface area contributed by atoms with Crippen molar-refractivity contribution in [3.63, 3.8) is 0 Å². The Morgan fingerprint density at radius 1 is 1.57 bits per heavy atom. The van der Waals surface area contributed by atoms with E-state index in [1.54, 1.807) is 6.08 Å². The highest BCUT2D eigenvalue weighted by Crippen LogP contribution is 2.20. The standard InChI is InChI=1S/C10H14ClN3/c1-3-5-8-9(11)13-7-14-10(8)12-6-4-2/h4,7H,2-3,5-6H2,1H3,(H,12,13,14). The number of halogens is 1. The molecule has 76 valence electrons. The van der Waals surface area contributed by atoms with Crippen molar-refractivity contribution in [3.8, 4) is 0 Å². The van der Waals surface area contributed by atoms with Crippen LogP contribution in [0.4, 0.5) is 5.82 Å². The van der Waals surface area contributed by atoms with Crippen molar-refractivity contribution in [2.24, 2.45) is 0 Å². The van der Waals surface area contributed by atoms with E-state index in [4.69, 9.17) is 11.6 Å². The van der Waals surface area contributed by atoms with E-state index >= 15 is 0 Å². The summed E-state index contributed by atoms with van der Waals surface area (Å²) in [4.78, 5) is 8.10. The van der Waals surface area contributed by atoms with Gasteiger partial charge in [-0.15, -0.1) is 6.58 Å². The third-order valence-electron chi connectivity index (χ3n) is 1.81. The molecule has 0 radical (unpaired) electrons. The van der Waals surface area contributed by atoms with Crippen molar-refractivity contribution in [1.29, 1.82) is 0 Å². The van der Waals surface area contributed by atoms with Gasteiger partial charge in [0.05, 0.1) is 0 Å². The van der Waals surface area contributed by atoms with Crippen LogP contribution in [0.5, 0.6) is 0 Å². The lowest BCUT2D eigenvalue weighted by Gasteiger charge is -2.09. The fourth-order valence-electron chi connectivity index (χ4n) is 1.18. The van der Waals surface area contributed by atoms with E-state index in [0.29, 0.717) is 11.7 Å². The zero-order valence-electron chi connectivity index (χ0n) is 8.26. The minimum Gasteiger partial charge on any atom is -0.366 e. The van der Waals surface area contributed by atoms with Crippen molar-refractivity contribution < 1.29 is 0 Å². The molecule has 0 aliphatic rings. The first-order chi connectivity index (χ1) is 6.79. The molecule has 0 spiro atoms. The third-order valence-corrected chi connectivity index (χ3v) is 2.13. The van der Waals surface area contributed by atoms with Crippen molar-refractivity contribution in [2.45, 2.75) is 19.8 Å². The van der Waals surface area contributed by atoms with Gasteiger partial charge in [-0.3, -0.25) is 0 Å². The zero-order valence-corrected chi connectivity index (χ0v) is 9.01. The zero-order chi connectivity index (χ0) is 10.4. The molecule has 0 aromatic carbocycles. The summed E-state index contributed by atoms with van der Waals surface area (Å²) in [6, 6.07) is 0. The molecule has 1 heterocycles. The van der Waals surface area contributed by atoms with Gasteiger partial charge in [0.2, 0.25) is 0 Å². The fourth-order valence-corrected chi connectivity index (χ4v) is 1.41. The Morgan fingerprint density at radius 3 is 3.00 bits per heavy atom. The number of aromatic nitrogens is 2. The normalized spacial score (nSPS) is 9.86. The number of anilines is 1. The van der Waals surface area contributed by atoms with Gasteiger partial charge in [-0.2, -0.15) is 0 Å². The van der Waals surface area contributed by atoms with Crippen LogP contribution in [0, 0.1) is 0 Å². The van der Waals surface area contributed by atoms with Crippen LogP contribution in [0.3, 0.4) is 0 Å². The van der Waals surface area contributed by atoms with Gasteiger partial charge in [0.15, 0.2) is 0 Å². The second-order valence-electron chi connectivity index (χ2n) is 2.91. The van der Waals surface area contributed by atoms with E-state index in [2.05, 4.69) is 28.8 Å². The second-order valence-corrected chi connectivity index (χ2v) is 3.27. The van der Waals surface area contributed by atoms with Crippen LogP contribution in [-0.2, 0) is 6.42 Å². The Hall–Kier alpha value is -1.09. The summed E-state index contributed by atoms with van der Waals surface area (Å²) in [5.41, 5.74) is 0.985. The Labute approximate surface area is 89.2 Å². The topological polar surface area (TPSA) is 37.8 Å². The summed E-state index contributed by atoms with van der Waals surface area (Å²) in [5.74, 6) is 0.812. The molecule has 4 heteroatoms.